The number of nitrogens with one attached hydrogen (secondary N) is 2. The van der Waals surface area contributed by atoms with Crippen LogP contribution in [0.5, 0.6) is 0 Å². The van der Waals surface area contributed by atoms with E-state index in [-0.39, 0.29) is 44.4 Å². The van der Waals surface area contributed by atoms with Crippen molar-refractivity contribution in [1.29, 1.82) is 0 Å². The molecule has 0 radical (unpaired) electrons. The van der Waals surface area contributed by atoms with E-state index in [4.69, 9.17) is 62.8 Å². The van der Waals surface area contributed by atoms with Crippen molar-refractivity contribution in [2.75, 3.05) is 26.2 Å². The van der Waals surface area contributed by atoms with Crippen LogP contribution in [-0.4, -0.2) is 194 Å². The standard InChI is InChI=1S/C32H59N11O13/c33-6-15-21(45)23(47)18(37)30(51-15)54-26-14(36)5-13(35)20(44)28(26)56-32-25(49)27(55-31-19(38)24(48)22(46)16(7-34)52-31)17(53-32)10-43-9-12(41-42-43)8-40-29(50)11-1-3-39-4-2-11/h9,11,13-28,30-32,39,44-49H,1-8,10,33-38H2,(H,40,50)/t13-,14+,15-,16+,17-,18-,19-,20+,21-,22-,23-,24-,25-,26-,27-,28-,30-,31-,32+/m1/s1. The average molecular weight is 806 g/mol. The van der Waals surface area contributed by atoms with Crippen molar-refractivity contribution < 1.29 is 63.9 Å². The summed E-state index contributed by atoms with van der Waals surface area (Å²) in [6.07, 6.45) is -17.0. The summed E-state index contributed by atoms with van der Waals surface area (Å²) in [5.41, 5.74) is 37.0. The van der Waals surface area contributed by atoms with Crippen LogP contribution in [0.25, 0.3) is 0 Å². The number of ether oxygens (including phenoxy) is 6. The fraction of sp³-hybridized carbons (Fsp3) is 0.906. The van der Waals surface area contributed by atoms with Crippen molar-refractivity contribution in [2.24, 2.45) is 40.3 Å². The molecule has 4 aliphatic heterocycles. The molecule has 5 fully saturated rings. The average Bonchev–Trinajstić information content (AvgIpc) is 3.76. The van der Waals surface area contributed by atoms with Gasteiger partial charge in [-0.05, 0) is 32.4 Å². The molecule has 24 nitrogen and oxygen atoms in total. The van der Waals surface area contributed by atoms with Gasteiger partial charge >= 0.3 is 0 Å². The molecule has 24 heteroatoms. The SMILES string of the molecule is NC[C@@H]1O[C@H](O[C@H]2[C@@H](O)[C@H](O[C@@H]3[C@@H](O)[C@H](N)C[C@H](N)[C@H]3O[C@H]3O[C@H](CN)[C@@H](O)[C@H](O)[C@H]3N)O[C@@H]2Cn2cc(CNC(=O)C3CCNCC3)nn2)[C@H](N)[C@@H](O)[C@@H]1O. The predicted molar refractivity (Wildman–Crippen MR) is 189 cm³/mol. The highest BCUT2D eigenvalue weighted by molar-refractivity contribution is 5.78. The molecule has 5 heterocycles. The van der Waals surface area contributed by atoms with Crippen molar-refractivity contribution in [3.8, 4) is 0 Å². The molecule has 0 aromatic carbocycles. The number of rotatable bonds is 13. The highest BCUT2D eigenvalue weighted by atomic mass is 16.8. The lowest BCUT2D eigenvalue weighted by atomic mass is 9.84. The van der Waals surface area contributed by atoms with Crippen LogP contribution in [0.3, 0.4) is 0 Å². The van der Waals surface area contributed by atoms with E-state index in [0.29, 0.717) is 5.69 Å². The third kappa shape index (κ3) is 9.33. The Balaban J connectivity index is 1.20. The Morgan fingerprint density at radius 1 is 0.750 bits per heavy atom. The molecule has 4 saturated heterocycles. The van der Waals surface area contributed by atoms with Gasteiger partial charge in [0.1, 0.15) is 72.8 Å². The minimum atomic E-state index is -1.63. The molecule has 1 aromatic rings. The zero-order valence-electron chi connectivity index (χ0n) is 30.8. The summed E-state index contributed by atoms with van der Waals surface area (Å²) in [5.74, 6) is -0.187. The number of hydrogen-bond acceptors (Lipinski definition) is 22. The van der Waals surface area contributed by atoms with Gasteiger partial charge in [-0.25, -0.2) is 4.68 Å². The molecule has 1 saturated carbocycles. The first-order valence-electron chi connectivity index (χ1n) is 19.0. The van der Waals surface area contributed by atoms with E-state index >= 15 is 0 Å². The Hall–Kier alpha value is -2.15. The van der Waals surface area contributed by atoms with Crippen LogP contribution in [0, 0.1) is 5.92 Å². The summed E-state index contributed by atoms with van der Waals surface area (Å²) in [6, 6.07) is -4.31. The maximum Gasteiger partial charge on any atom is 0.223 e. The molecular weight excluding hydrogens is 746 g/mol. The molecule has 1 amide bonds. The molecule has 19 atom stereocenters. The maximum atomic E-state index is 12.7. The summed E-state index contributed by atoms with van der Waals surface area (Å²) in [7, 11) is 0. The molecule has 1 aromatic heterocycles. The van der Waals surface area contributed by atoms with Gasteiger partial charge in [-0.2, -0.15) is 0 Å². The summed E-state index contributed by atoms with van der Waals surface area (Å²) in [5, 5.41) is 79.5. The summed E-state index contributed by atoms with van der Waals surface area (Å²) in [6.45, 7) is 1.19. The van der Waals surface area contributed by atoms with E-state index in [2.05, 4.69) is 20.9 Å². The van der Waals surface area contributed by atoms with Gasteiger partial charge in [0.25, 0.3) is 0 Å². The number of amides is 1. The number of piperidine rings is 1. The van der Waals surface area contributed by atoms with Crippen LogP contribution in [0.4, 0.5) is 0 Å². The van der Waals surface area contributed by atoms with Gasteiger partial charge in [0.2, 0.25) is 5.91 Å². The molecule has 0 spiro atoms. The van der Waals surface area contributed by atoms with Crippen molar-refractivity contribution in [3.05, 3.63) is 11.9 Å². The number of nitrogens with zero attached hydrogens (tertiary/aromatic N) is 3. The highest BCUT2D eigenvalue weighted by Gasteiger charge is 2.54. The lowest BCUT2D eigenvalue weighted by Gasteiger charge is -2.47. The lowest BCUT2D eigenvalue weighted by Crippen LogP contribution is -2.68. The van der Waals surface area contributed by atoms with Gasteiger partial charge in [0, 0.05) is 31.1 Å². The smallest absolute Gasteiger partial charge is 0.223 e. The minimum Gasteiger partial charge on any atom is -0.389 e. The Labute approximate surface area is 322 Å². The van der Waals surface area contributed by atoms with Gasteiger partial charge in [-0.15, -0.1) is 5.10 Å². The molecule has 6 rings (SSSR count). The van der Waals surface area contributed by atoms with Crippen molar-refractivity contribution >= 4 is 5.91 Å². The van der Waals surface area contributed by atoms with E-state index in [1.807, 2.05) is 0 Å². The molecule has 320 valence electrons. The Kier molecular flexibility index (Phi) is 14.6. The van der Waals surface area contributed by atoms with Gasteiger partial charge in [0.15, 0.2) is 18.9 Å². The molecule has 1 aliphatic carbocycles. The quantitative estimate of drug-likeness (QED) is 0.0880. The van der Waals surface area contributed by atoms with Crippen LogP contribution in [0.15, 0.2) is 6.20 Å². The first-order valence-corrected chi connectivity index (χ1v) is 19.0. The zero-order valence-corrected chi connectivity index (χ0v) is 30.8. The van der Waals surface area contributed by atoms with E-state index in [1.54, 1.807) is 6.20 Å². The first-order chi connectivity index (χ1) is 26.7. The van der Waals surface area contributed by atoms with Gasteiger partial charge in [-0.3, -0.25) is 4.79 Å². The number of carbonyl (C=O) groups is 1. The van der Waals surface area contributed by atoms with E-state index in [0.717, 1.165) is 25.9 Å². The number of aliphatic hydroxyl groups is 6. The summed E-state index contributed by atoms with van der Waals surface area (Å²) < 4.78 is 37.7. The molecule has 20 N–H and O–H groups in total. The molecule has 0 bridgehead atoms. The van der Waals surface area contributed by atoms with Crippen LogP contribution in [0.1, 0.15) is 25.0 Å². The Bertz CT molecular complexity index is 1410. The van der Waals surface area contributed by atoms with E-state index in [1.165, 1.54) is 4.68 Å². The monoisotopic (exact) mass is 805 g/mol. The lowest BCUT2D eigenvalue weighted by molar-refractivity contribution is -0.306. The fourth-order valence-electron chi connectivity index (χ4n) is 7.84. The van der Waals surface area contributed by atoms with Crippen LogP contribution in [0.2, 0.25) is 0 Å². The molecule has 56 heavy (non-hydrogen) atoms. The minimum absolute atomic E-state index is 0.0714. The maximum absolute atomic E-state index is 12.7. The van der Waals surface area contributed by atoms with Gasteiger partial charge < -0.3 is 104 Å². The third-order valence-electron chi connectivity index (χ3n) is 11.3. The van der Waals surface area contributed by atoms with Gasteiger partial charge in [0.05, 0.1) is 37.5 Å². The predicted octanol–water partition coefficient (Wildman–Crippen LogP) is -8.98. The summed E-state index contributed by atoms with van der Waals surface area (Å²) in [4.78, 5) is 12.7. The van der Waals surface area contributed by atoms with Crippen molar-refractivity contribution in [2.45, 2.75) is 149 Å². The molecule has 0 unspecified atom stereocenters. The first kappa shape index (κ1) is 43.4. The summed E-state index contributed by atoms with van der Waals surface area (Å²) >= 11 is 0. The third-order valence-corrected chi connectivity index (χ3v) is 11.3. The Morgan fingerprint density at radius 3 is 1.89 bits per heavy atom. The van der Waals surface area contributed by atoms with Crippen molar-refractivity contribution in [1.82, 2.24) is 25.6 Å². The fourth-order valence-corrected chi connectivity index (χ4v) is 7.84. The molecule has 5 aliphatic rings. The van der Waals surface area contributed by atoms with Crippen molar-refractivity contribution in [3.63, 3.8) is 0 Å². The van der Waals surface area contributed by atoms with Crippen LogP contribution < -0.4 is 45.0 Å². The normalized spacial score (nSPS) is 45.2. The zero-order chi connectivity index (χ0) is 40.4. The van der Waals surface area contributed by atoms with Gasteiger partial charge in [-0.1, -0.05) is 5.21 Å². The number of carbonyl (C=O) groups excluding carboxylic acids is 1. The second-order valence-corrected chi connectivity index (χ2v) is 15.2. The highest BCUT2D eigenvalue weighted by Crippen LogP contribution is 2.35. The Morgan fingerprint density at radius 2 is 1.30 bits per heavy atom. The second-order valence-electron chi connectivity index (χ2n) is 15.2. The largest absolute Gasteiger partial charge is 0.389 e. The van der Waals surface area contributed by atoms with E-state index in [9.17, 15) is 35.4 Å². The topological polar surface area (TPSA) is 405 Å². The van der Waals surface area contributed by atoms with Crippen LogP contribution >= 0.6 is 0 Å². The number of hydrogen-bond donors (Lipinski definition) is 14. The van der Waals surface area contributed by atoms with E-state index < -0.39 is 116 Å². The molecular formula is C32H59N11O13. The number of aliphatic hydroxyl groups excluding tert-OH is 6. The number of aromatic nitrogens is 3. The number of nitrogens with two attached hydrogens (primary N) is 6. The van der Waals surface area contributed by atoms with Crippen LogP contribution in [-0.2, 0) is 46.3 Å². The second kappa shape index (κ2) is 18.8.